The van der Waals surface area contributed by atoms with Gasteiger partial charge in [-0.1, -0.05) is 0 Å². The highest BCUT2D eigenvalue weighted by atomic mass is 16.5. The Morgan fingerprint density at radius 3 is 2.76 bits per heavy atom. The molecular weight excluding hydrogens is 218 g/mol. The maximum atomic E-state index is 11.5. The Bertz CT molecular complexity index is 358. The van der Waals surface area contributed by atoms with Gasteiger partial charge in [-0.25, -0.2) is 0 Å². The predicted octanol–water partition coefficient (Wildman–Crippen LogP) is -0.0172. The average molecular weight is 237 g/mol. The number of amides is 1. The molecule has 0 saturated carbocycles. The third-order valence-corrected chi connectivity index (χ3v) is 2.91. The summed E-state index contributed by atoms with van der Waals surface area (Å²) in [7, 11) is 0. The summed E-state index contributed by atoms with van der Waals surface area (Å²) >= 11 is 0. The first-order valence-corrected chi connectivity index (χ1v) is 5.90. The van der Waals surface area contributed by atoms with Crippen LogP contribution in [0.2, 0.25) is 0 Å². The molecule has 1 aromatic rings. The van der Waals surface area contributed by atoms with Gasteiger partial charge in [-0.2, -0.15) is 0 Å². The summed E-state index contributed by atoms with van der Waals surface area (Å²) in [6.07, 6.45) is 3.95. The molecule has 1 fully saturated rings. The van der Waals surface area contributed by atoms with Gasteiger partial charge in [0.2, 0.25) is 5.91 Å². The van der Waals surface area contributed by atoms with Gasteiger partial charge in [-0.05, 0) is 19.1 Å². The monoisotopic (exact) mass is 237 g/mol. The molecule has 2 N–H and O–H groups in total. The van der Waals surface area contributed by atoms with Crippen LogP contribution in [0, 0.1) is 0 Å². The molecule has 1 amide bonds. The number of hydrogen-bond donors (Lipinski definition) is 2. The van der Waals surface area contributed by atoms with Crippen LogP contribution in [-0.2, 0) is 16.1 Å². The molecule has 1 saturated heterocycles. The number of aromatic nitrogens is 1. The van der Waals surface area contributed by atoms with Gasteiger partial charge in [0.1, 0.15) is 6.61 Å². The lowest BCUT2D eigenvalue weighted by atomic mass is 10.0. The number of hydrogen-bond acceptors (Lipinski definition) is 3. The maximum absolute atomic E-state index is 11.5. The fourth-order valence-corrected chi connectivity index (χ4v) is 1.71. The second-order valence-electron chi connectivity index (χ2n) is 4.61. The molecule has 0 spiro atoms. The summed E-state index contributed by atoms with van der Waals surface area (Å²) in [4.78, 5) is 11.5. The van der Waals surface area contributed by atoms with E-state index in [0.29, 0.717) is 6.54 Å². The van der Waals surface area contributed by atoms with Crippen molar-refractivity contribution in [3.8, 4) is 0 Å². The van der Waals surface area contributed by atoms with E-state index < -0.39 is 0 Å². The smallest absolute Gasteiger partial charge is 0.246 e. The molecule has 0 atom stereocenters. The Morgan fingerprint density at radius 1 is 1.47 bits per heavy atom. The second kappa shape index (κ2) is 5.33. The SMILES string of the molecule is CC1(OCC(=O)NCCn2cccc2)CNC1. The first kappa shape index (κ1) is 12.1. The van der Waals surface area contributed by atoms with Gasteiger partial charge in [0.05, 0.1) is 5.60 Å². The van der Waals surface area contributed by atoms with Crippen LogP contribution in [0.15, 0.2) is 24.5 Å². The minimum Gasteiger partial charge on any atom is -0.363 e. The summed E-state index contributed by atoms with van der Waals surface area (Å²) in [5.74, 6) is -0.0507. The molecule has 5 heteroatoms. The van der Waals surface area contributed by atoms with E-state index >= 15 is 0 Å². The van der Waals surface area contributed by atoms with Crippen molar-refractivity contribution in [2.75, 3.05) is 26.2 Å². The van der Waals surface area contributed by atoms with E-state index in [2.05, 4.69) is 10.6 Å². The zero-order valence-corrected chi connectivity index (χ0v) is 10.1. The van der Waals surface area contributed by atoms with E-state index in [4.69, 9.17) is 4.74 Å². The molecule has 1 aliphatic rings. The standard InChI is InChI=1S/C12H19N3O2/c1-12(9-13-10-12)17-8-11(16)14-4-7-15-5-2-3-6-15/h2-3,5-6,13H,4,7-10H2,1H3,(H,14,16). The zero-order chi connectivity index (χ0) is 12.1. The van der Waals surface area contributed by atoms with E-state index in [9.17, 15) is 4.79 Å². The molecule has 0 bridgehead atoms. The Kier molecular flexibility index (Phi) is 3.81. The summed E-state index contributed by atoms with van der Waals surface area (Å²) in [6.45, 7) is 5.22. The van der Waals surface area contributed by atoms with Gasteiger partial charge in [0, 0.05) is 38.6 Å². The summed E-state index contributed by atoms with van der Waals surface area (Å²) in [6, 6.07) is 3.94. The Balaban J connectivity index is 1.58. The normalized spacial score (nSPS) is 17.5. The van der Waals surface area contributed by atoms with Gasteiger partial charge in [-0.15, -0.1) is 0 Å². The number of ether oxygens (including phenoxy) is 1. The van der Waals surface area contributed by atoms with Crippen molar-refractivity contribution >= 4 is 5.91 Å². The molecule has 2 rings (SSSR count). The lowest BCUT2D eigenvalue weighted by molar-refractivity contribution is -0.135. The van der Waals surface area contributed by atoms with Gasteiger partial charge in [-0.3, -0.25) is 4.79 Å². The van der Waals surface area contributed by atoms with Crippen molar-refractivity contribution in [1.82, 2.24) is 15.2 Å². The Hall–Kier alpha value is -1.33. The van der Waals surface area contributed by atoms with E-state index in [1.54, 1.807) is 0 Å². The first-order chi connectivity index (χ1) is 8.18. The van der Waals surface area contributed by atoms with Crippen LogP contribution < -0.4 is 10.6 Å². The molecule has 0 unspecified atom stereocenters. The molecule has 2 heterocycles. The number of nitrogens with one attached hydrogen (secondary N) is 2. The zero-order valence-electron chi connectivity index (χ0n) is 10.1. The molecule has 94 valence electrons. The number of nitrogens with zero attached hydrogens (tertiary/aromatic N) is 1. The van der Waals surface area contributed by atoms with Gasteiger partial charge >= 0.3 is 0 Å². The lowest BCUT2D eigenvalue weighted by Gasteiger charge is -2.38. The minimum absolute atomic E-state index is 0.0507. The fraction of sp³-hybridized carbons (Fsp3) is 0.583. The van der Waals surface area contributed by atoms with Crippen LogP contribution in [0.3, 0.4) is 0 Å². The molecule has 0 aromatic carbocycles. The molecule has 1 aliphatic heterocycles. The third kappa shape index (κ3) is 3.57. The topological polar surface area (TPSA) is 55.3 Å². The highest BCUT2D eigenvalue weighted by Gasteiger charge is 2.32. The van der Waals surface area contributed by atoms with Crippen molar-refractivity contribution in [2.45, 2.75) is 19.1 Å². The van der Waals surface area contributed by atoms with E-state index in [1.165, 1.54) is 0 Å². The maximum Gasteiger partial charge on any atom is 0.246 e. The largest absolute Gasteiger partial charge is 0.363 e. The van der Waals surface area contributed by atoms with Crippen LogP contribution in [0.1, 0.15) is 6.92 Å². The Labute approximate surface area is 101 Å². The molecule has 0 aliphatic carbocycles. The minimum atomic E-state index is -0.155. The summed E-state index contributed by atoms with van der Waals surface area (Å²) < 4.78 is 7.56. The molecule has 17 heavy (non-hydrogen) atoms. The average Bonchev–Trinajstić information content (AvgIpc) is 2.77. The summed E-state index contributed by atoms with van der Waals surface area (Å²) in [5, 5.41) is 5.96. The first-order valence-electron chi connectivity index (χ1n) is 5.90. The van der Waals surface area contributed by atoms with Gasteiger partial charge in [0.25, 0.3) is 0 Å². The van der Waals surface area contributed by atoms with Crippen molar-refractivity contribution in [1.29, 1.82) is 0 Å². The summed E-state index contributed by atoms with van der Waals surface area (Å²) in [5.41, 5.74) is -0.155. The molecular formula is C12H19N3O2. The van der Waals surface area contributed by atoms with Crippen molar-refractivity contribution in [2.24, 2.45) is 0 Å². The number of rotatable bonds is 6. The van der Waals surface area contributed by atoms with Gasteiger partial charge in [0.15, 0.2) is 0 Å². The highest BCUT2D eigenvalue weighted by molar-refractivity contribution is 5.77. The third-order valence-electron chi connectivity index (χ3n) is 2.91. The van der Waals surface area contributed by atoms with Crippen LogP contribution in [-0.4, -0.2) is 42.3 Å². The van der Waals surface area contributed by atoms with Crippen LogP contribution >= 0.6 is 0 Å². The van der Waals surface area contributed by atoms with Crippen molar-refractivity contribution in [3.63, 3.8) is 0 Å². The number of carbonyl (C=O) groups excluding carboxylic acids is 1. The molecule has 5 nitrogen and oxygen atoms in total. The molecule has 1 aromatic heterocycles. The quantitative estimate of drug-likeness (QED) is 0.731. The highest BCUT2D eigenvalue weighted by Crippen LogP contribution is 2.14. The van der Waals surface area contributed by atoms with Crippen molar-refractivity contribution in [3.05, 3.63) is 24.5 Å². The fourth-order valence-electron chi connectivity index (χ4n) is 1.71. The predicted molar refractivity (Wildman–Crippen MR) is 64.7 cm³/mol. The van der Waals surface area contributed by atoms with Crippen LogP contribution in [0.25, 0.3) is 0 Å². The van der Waals surface area contributed by atoms with E-state index in [-0.39, 0.29) is 18.1 Å². The van der Waals surface area contributed by atoms with Crippen LogP contribution in [0.4, 0.5) is 0 Å². The van der Waals surface area contributed by atoms with E-state index in [0.717, 1.165) is 19.6 Å². The van der Waals surface area contributed by atoms with E-state index in [1.807, 2.05) is 36.0 Å². The van der Waals surface area contributed by atoms with Crippen LogP contribution in [0.5, 0.6) is 0 Å². The molecule has 0 radical (unpaired) electrons. The number of carbonyl (C=O) groups is 1. The second-order valence-corrected chi connectivity index (χ2v) is 4.61. The van der Waals surface area contributed by atoms with Crippen molar-refractivity contribution < 1.29 is 9.53 Å². The Morgan fingerprint density at radius 2 is 2.18 bits per heavy atom. The van der Waals surface area contributed by atoms with Gasteiger partial charge < -0.3 is 19.9 Å². The lowest BCUT2D eigenvalue weighted by Crippen LogP contribution is -2.59.